The molecule has 1 unspecified atom stereocenters. The first-order valence-corrected chi connectivity index (χ1v) is 6.17. The van der Waals surface area contributed by atoms with Crippen LogP contribution in [0.2, 0.25) is 0 Å². The molecule has 0 saturated carbocycles. The van der Waals surface area contributed by atoms with Crippen LogP contribution in [-0.4, -0.2) is 34.8 Å². The molecule has 2 rings (SSSR count). The van der Waals surface area contributed by atoms with Crippen molar-refractivity contribution >= 4 is 5.91 Å². The molecule has 1 amide bonds. The molecule has 2 N–H and O–H groups in total. The summed E-state index contributed by atoms with van der Waals surface area (Å²) in [4.78, 5) is 11.9. The maximum Gasteiger partial charge on any atom is 0.254 e. The number of nitrogens with zero attached hydrogens (tertiary/aromatic N) is 2. The normalized spacial score (nSPS) is 18.9. The average Bonchev–Trinajstić information content (AvgIpc) is 2.77. The van der Waals surface area contributed by atoms with Gasteiger partial charge in [0.05, 0.1) is 11.8 Å². The molecule has 0 aliphatic carbocycles. The smallest absolute Gasteiger partial charge is 0.254 e. The van der Waals surface area contributed by atoms with Gasteiger partial charge in [-0.3, -0.25) is 9.48 Å². The van der Waals surface area contributed by atoms with Crippen LogP contribution >= 0.6 is 0 Å². The molecular weight excluding hydrogens is 216 g/mol. The molecule has 2 heterocycles. The zero-order chi connectivity index (χ0) is 12.3. The van der Waals surface area contributed by atoms with E-state index in [0.717, 1.165) is 25.9 Å². The van der Waals surface area contributed by atoms with E-state index in [0.29, 0.717) is 11.5 Å². The predicted molar refractivity (Wildman–Crippen MR) is 65.7 cm³/mol. The van der Waals surface area contributed by atoms with E-state index in [1.165, 1.54) is 0 Å². The summed E-state index contributed by atoms with van der Waals surface area (Å²) in [6, 6.07) is 0.227. The second kappa shape index (κ2) is 5.31. The molecule has 1 atom stereocenters. The lowest BCUT2D eigenvalue weighted by atomic mass is 9.91. The Morgan fingerprint density at radius 1 is 1.59 bits per heavy atom. The fraction of sp³-hybridized carbons (Fsp3) is 0.667. The van der Waals surface area contributed by atoms with Gasteiger partial charge >= 0.3 is 0 Å². The highest BCUT2D eigenvalue weighted by Crippen LogP contribution is 2.16. The van der Waals surface area contributed by atoms with Crippen LogP contribution in [0.25, 0.3) is 0 Å². The van der Waals surface area contributed by atoms with Crippen molar-refractivity contribution in [1.82, 2.24) is 20.4 Å². The third-order valence-corrected chi connectivity index (χ3v) is 3.42. The van der Waals surface area contributed by atoms with Crippen molar-refractivity contribution in [2.75, 3.05) is 13.1 Å². The Hall–Kier alpha value is -1.36. The van der Waals surface area contributed by atoms with Crippen molar-refractivity contribution in [3.8, 4) is 0 Å². The van der Waals surface area contributed by atoms with Gasteiger partial charge < -0.3 is 10.6 Å². The summed E-state index contributed by atoms with van der Waals surface area (Å²) in [6.45, 7) is 4.19. The molecule has 1 aromatic rings. The highest BCUT2D eigenvalue weighted by Gasteiger charge is 2.21. The molecule has 1 aromatic heterocycles. The minimum absolute atomic E-state index is 0.0240. The van der Waals surface area contributed by atoms with Crippen LogP contribution in [0.5, 0.6) is 0 Å². The number of carbonyl (C=O) groups is 1. The Balaban J connectivity index is 1.89. The molecule has 1 aliphatic heterocycles. The molecule has 94 valence electrons. The molecule has 1 aliphatic rings. The number of amides is 1. The summed E-state index contributed by atoms with van der Waals surface area (Å²) < 4.78 is 1.64. The van der Waals surface area contributed by atoms with Gasteiger partial charge in [-0.1, -0.05) is 0 Å². The van der Waals surface area contributed by atoms with Gasteiger partial charge in [-0.05, 0) is 38.8 Å². The summed E-state index contributed by atoms with van der Waals surface area (Å²) in [5.41, 5.74) is 0.633. The quantitative estimate of drug-likeness (QED) is 0.805. The molecule has 5 heteroatoms. The Morgan fingerprint density at radius 2 is 2.29 bits per heavy atom. The molecule has 0 radical (unpaired) electrons. The number of rotatable bonds is 3. The van der Waals surface area contributed by atoms with Crippen LogP contribution in [0.4, 0.5) is 0 Å². The largest absolute Gasteiger partial charge is 0.349 e. The number of carbonyl (C=O) groups excluding carboxylic acids is 1. The number of aromatic nitrogens is 2. The van der Waals surface area contributed by atoms with Crippen molar-refractivity contribution in [3.63, 3.8) is 0 Å². The van der Waals surface area contributed by atoms with Gasteiger partial charge in [-0.25, -0.2) is 0 Å². The third kappa shape index (κ3) is 3.06. The number of piperidine rings is 1. The van der Waals surface area contributed by atoms with E-state index in [2.05, 4.69) is 22.7 Å². The number of hydrogen-bond acceptors (Lipinski definition) is 3. The first-order chi connectivity index (χ1) is 8.16. The number of nitrogens with one attached hydrogen (secondary N) is 2. The Bertz CT molecular complexity index is 382. The lowest BCUT2D eigenvalue weighted by molar-refractivity contribution is 0.0920. The zero-order valence-electron chi connectivity index (χ0n) is 10.4. The van der Waals surface area contributed by atoms with Crippen LogP contribution in [0.3, 0.4) is 0 Å². The molecule has 0 bridgehead atoms. The zero-order valence-corrected chi connectivity index (χ0v) is 10.4. The van der Waals surface area contributed by atoms with E-state index >= 15 is 0 Å². The average molecular weight is 236 g/mol. The second-order valence-corrected chi connectivity index (χ2v) is 4.75. The van der Waals surface area contributed by atoms with Gasteiger partial charge in [0.25, 0.3) is 5.91 Å². The van der Waals surface area contributed by atoms with Gasteiger partial charge in [-0.15, -0.1) is 0 Å². The topological polar surface area (TPSA) is 59.0 Å². The van der Waals surface area contributed by atoms with Crippen LogP contribution in [-0.2, 0) is 7.05 Å². The lowest BCUT2D eigenvalue weighted by Crippen LogP contribution is -2.42. The van der Waals surface area contributed by atoms with Crippen molar-refractivity contribution in [3.05, 3.63) is 18.0 Å². The molecule has 1 fully saturated rings. The number of aryl methyl sites for hydroxylation is 1. The fourth-order valence-electron chi connectivity index (χ4n) is 2.29. The highest BCUT2D eigenvalue weighted by atomic mass is 16.1. The number of hydrogen-bond donors (Lipinski definition) is 2. The second-order valence-electron chi connectivity index (χ2n) is 4.75. The third-order valence-electron chi connectivity index (χ3n) is 3.42. The van der Waals surface area contributed by atoms with Crippen LogP contribution in [0, 0.1) is 5.92 Å². The minimum atomic E-state index is -0.0240. The lowest BCUT2D eigenvalue weighted by Gasteiger charge is -2.28. The molecule has 1 saturated heterocycles. The molecule has 0 spiro atoms. The predicted octanol–water partition coefficient (Wildman–Crippen LogP) is 0.538. The highest BCUT2D eigenvalue weighted by molar-refractivity contribution is 5.93. The summed E-state index contributed by atoms with van der Waals surface area (Å²) in [7, 11) is 1.81. The Morgan fingerprint density at radius 3 is 2.88 bits per heavy atom. The Kier molecular flexibility index (Phi) is 3.78. The van der Waals surface area contributed by atoms with Gasteiger partial charge in [0.1, 0.15) is 0 Å². The van der Waals surface area contributed by atoms with Gasteiger partial charge in [0.2, 0.25) is 0 Å². The van der Waals surface area contributed by atoms with E-state index in [-0.39, 0.29) is 11.9 Å². The SMILES string of the molecule is CC(NC(=O)c1cnn(C)c1)C1CCNCC1. The summed E-state index contributed by atoms with van der Waals surface area (Å²) in [6.07, 6.45) is 5.61. The van der Waals surface area contributed by atoms with Crippen molar-refractivity contribution < 1.29 is 4.79 Å². The summed E-state index contributed by atoms with van der Waals surface area (Å²) in [5, 5.41) is 10.4. The van der Waals surface area contributed by atoms with Crippen LogP contribution in [0.15, 0.2) is 12.4 Å². The summed E-state index contributed by atoms with van der Waals surface area (Å²) >= 11 is 0. The fourth-order valence-corrected chi connectivity index (χ4v) is 2.29. The minimum Gasteiger partial charge on any atom is -0.349 e. The van der Waals surface area contributed by atoms with Gasteiger partial charge in [0, 0.05) is 19.3 Å². The van der Waals surface area contributed by atoms with E-state index in [1.807, 2.05) is 7.05 Å². The van der Waals surface area contributed by atoms with Crippen LogP contribution < -0.4 is 10.6 Å². The van der Waals surface area contributed by atoms with Crippen molar-refractivity contribution in [1.29, 1.82) is 0 Å². The van der Waals surface area contributed by atoms with Gasteiger partial charge in [-0.2, -0.15) is 5.10 Å². The summed E-state index contributed by atoms with van der Waals surface area (Å²) in [5.74, 6) is 0.556. The maximum atomic E-state index is 11.9. The first-order valence-electron chi connectivity index (χ1n) is 6.17. The van der Waals surface area contributed by atoms with Gasteiger partial charge in [0.15, 0.2) is 0 Å². The van der Waals surface area contributed by atoms with E-state index in [9.17, 15) is 4.79 Å². The van der Waals surface area contributed by atoms with E-state index in [1.54, 1.807) is 17.1 Å². The molecule has 17 heavy (non-hydrogen) atoms. The molecule has 5 nitrogen and oxygen atoms in total. The molecule has 0 aromatic carbocycles. The first kappa shape index (κ1) is 12.1. The van der Waals surface area contributed by atoms with Crippen molar-refractivity contribution in [2.24, 2.45) is 13.0 Å². The Labute approximate surface area is 102 Å². The van der Waals surface area contributed by atoms with Crippen molar-refractivity contribution in [2.45, 2.75) is 25.8 Å². The van der Waals surface area contributed by atoms with E-state index in [4.69, 9.17) is 0 Å². The van der Waals surface area contributed by atoms with E-state index < -0.39 is 0 Å². The maximum absolute atomic E-state index is 11.9. The standard InChI is InChI=1S/C12H20N4O/c1-9(10-3-5-13-6-4-10)15-12(17)11-7-14-16(2)8-11/h7-10,13H,3-6H2,1-2H3,(H,15,17). The van der Waals surface area contributed by atoms with Crippen LogP contribution in [0.1, 0.15) is 30.1 Å². The molecular formula is C12H20N4O. The monoisotopic (exact) mass is 236 g/mol.